The van der Waals surface area contributed by atoms with Gasteiger partial charge < -0.3 is 14.2 Å². The summed E-state index contributed by atoms with van der Waals surface area (Å²) >= 11 is 0. The van der Waals surface area contributed by atoms with E-state index in [9.17, 15) is 14.3 Å². The van der Waals surface area contributed by atoms with E-state index >= 15 is 0 Å². The first kappa shape index (κ1) is 25.7. The van der Waals surface area contributed by atoms with Crippen LogP contribution in [0.25, 0.3) is 0 Å². The number of carbonyl (C=O) groups is 1. The summed E-state index contributed by atoms with van der Waals surface area (Å²) in [5.41, 5.74) is 0. The van der Waals surface area contributed by atoms with Gasteiger partial charge in [0, 0.05) is 6.42 Å². The molecule has 1 aliphatic rings. The molecule has 0 bridgehead atoms. The molecule has 0 aromatic carbocycles. The van der Waals surface area contributed by atoms with E-state index in [0.29, 0.717) is 12.8 Å². The lowest BCUT2D eigenvalue weighted by Gasteiger charge is -2.10. The van der Waals surface area contributed by atoms with Crippen LogP contribution in [0.4, 0.5) is 0 Å². The van der Waals surface area contributed by atoms with Gasteiger partial charge in [-0.3, -0.25) is 9.36 Å². The summed E-state index contributed by atoms with van der Waals surface area (Å²) in [6, 6.07) is 0. The number of unbranched alkanes of at least 4 members (excludes halogenated alkanes) is 14. The van der Waals surface area contributed by atoms with Crippen LogP contribution in [0, 0.1) is 0 Å². The molecule has 0 radical (unpaired) electrons. The number of esters is 1. The third kappa shape index (κ3) is 14.6. The highest BCUT2D eigenvalue weighted by atomic mass is 31.2. The van der Waals surface area contributed by atoms with Crippen molar-refractivity contribution in [2.24, 2.45) is 0 Å². The molecule has 1 fully saturated rings. The summed E-state index contributed by atoms with van der Waals surface area (Å²) < 4.78 is 21.4. The third-order valence-corrected chi connectivity index (χ3v) is 6.91. The second kappa shape index (κ2) is 16.4. The Kier molecular flexibility index (Phi) is 15.0. The van der Waals surface area contributed by atoms with E-state index in [0.717, 1.165) is 12.8 Å². The lowest BCUT2D eigenvalue weighted by atomic mass is 10.0. The Hall–Kier alpha value is -0.380. The van der Waals surface area contributed by atoms with Crippen LogP contribution in [0.1, 0.15) is 116 Å². The number of carbonyl (C=O) groups excluding carboxylic acids is 1. The Morgan fingerprint density at radius 1 is 0.893 bits per heavy atom. The second-order valence-corrected chi connectivity index (χ2v) is 10.2. The first-order valence-corrected chi connectivity index (χ1v) is 13.5. The standard InChI is InChI=1S/C22H43O5P/c1-2-3-4-5-6-7-8-9-10-11-12-13-14-15-16-17-22(23)26-20-21-18-19-28(24,25)27-21/h21H,2-20H2,1H3,(H,24,25)/t21-/m1/s1. The molecule has 0 aromatic rings. The SMILES string of the molecule is CCCCCCCCCCCCCCCCCC(=O)OC[C@H]1CCP(=O)(O)O1. The number of rotatable bonds is 18. The zero-order valence-electron chi connectivity index (χ0n) is 18.0. The van der Waals surface area contributed by atoms with Crippen LogP contribution >= 0.6 is 7.60 Å². The minimum Gasteiger partial charge on any atom is -0.463 e. The molecular formula is C22H43O5P. The second-order valence-electron chi connectivity index (χ2n) is 8.26. The van der Waals surface area contributed by atoms with Gasteiger partial charge in [0.15, 0.2) is 0 Å². The van der Waals surface area contributed by atoms with E-state index < -0.39 is 13.7 Å². The molecule has 1 aliphatic heterocycles. The fourth-order valence-corrected chi connectivity index (χ4v) is 5.01. The number of hydrogen-bond donors (Lipinski definition) is 1. The van der Waals surface area contributed by atoms with Gasteiger partial charge in [-0.1, -0.05) is 96.8 Å². The average molecular weight is 419 g/mol. The zero-order chi connectivity index (χ0) is 20.5. The summed E-state index contributed by atoms with van der Waals surface area (Å²) in [5, 5.41) is 0. The molecule has 0 spiro atoms. The highest BCUT2D eigenvalue weighted by Crippen LogP contribution is 2.50. The van der Waals surface area contributed by atoms with Crippen LogP contribution in [0.2, 0.25) is 0 Å². The van der Waals surface area contributed by atoms with Crippen LogP contribution in [0.5, 0.6) is 0 Å². The molecule has 0 saturated carbocycles. The Bertz CT molecular complexity index is 441. The minimum absolute atomic E-state index is 0.0993. The van der Waals surface area contributed by atoms with E-state index in [4.69, 9.17) is 9.26 Å². The van der Waals surface area contributed by atoms with Crippen molar-refractivity contribution in [3.8, 4) is 0 Å². The quantitative estimate of drug-likeness (QED) is 0.151. The van der Waals surface area contributed by atoms with Crippen molar-refractivity contribution in [3.05, 3.63) is 0 Å². The van der Waals surface area contributed by atoms with Crippen LogP contribution in [-0.2, 0) is 18.6 Å². The average Bonchev–Trinajstić information content (AvgIpc) is 3.02. The Morgan fingerprint density at radius 2 is 1.36 bits per heavy atom. The number of ether oxygens (including phenoxy) is 1. The van der Waals surface area contributed by atoms with Gasteiger partial charge >= 0.3 is 13.6 Å². The molecule has 166 valence electrons. The van der Waals surface area contributed by atoms with E-state index in [2.05, 4.69) is 6.92 Å². The third-order valence-electron chi connectivity index (χ3n) is 5.46. The Balaban J connectivity index is 1.77. The van der Waals surface area contributed by atoms with E-state index in [1.165, 1.54) is 83.5 Å². The minimum atomic E-state index is -3.40. The fraction of sp³-hybridized carbons (Fsp3) is 0.955. The van der Waals surface area contributed by atoms with Gasteiger partial charge in [0.1, 0.15) is 12.7 Å². The Morgan fingerprint density at radius 3 is 1.79 bits per heavy atom. The molecule has 1 saturated heterocycles. The molecule has 0 amide bonds. The molecule has 1 unspecified atom stereocenters. The van der Waals surface area contributed by atoms with Crippen molar-refractivity contribution < 1.29 is 23.5 Å². The summed E-state index contributed by atoms with van der Waals surface area (Å²) in [4.78, 5) is 21.0. The van der Waals surface area contributed by atoms with Gasteiger partial charge in [0.2, 0.25) is 0 Å². The van der Waals surface area contributed by atoms with E-state index in [-0.39, 0.29) is 18.7 Å². The summed E-state index contributed by atoms with van der Waals surface area (Å²) in [6.07, 6.45) is 20.2. The molecule has 28 heavy (non-hydrogen) atoms. The molecule has 1 N–H and O–H groups in total. The summed E-state index contributed by atoms with van der Waals surface area (Å²) in [7, 11) is -3.40. The van der Waals surface area contributed by atoms with E-state index in [1.54, 1.807) is 0 Å². The first-order chi connectivity index (χ1) is 13.5. The van der Waals surface area contributed by atoms with Crippen molar-refractivity contribution in [1.82, 2.24) is 0 Å². The molecule has 2 atom stereocenters. The largest absolute Gasteiger partial charge is 0.463 e. The molecule has 1 heterocycles. The van der Waals surface area contributed by atoms with Crippen LogP contribution in [0.3, 0.4) is 0 Å². The van der Waals surface area contributed by atoms with Gasteiger partial charge in [-0.15, -0.1) is 0 Å². The molecule has 5 nitrogen and oxygen atoms in total. The summed E-state index contributed by atoms with van der Waals surface area (Å²) in [5.74, 6) is -0.224. The molecule has 6 heteroatoms. The highest BCUT2D eigenvalue weighted by molar-refractivity contribution is 7.53. The zero-order valence-corrected chi connectivity index (χ0v) is 18.9. The Labute approximate surface area is 172 Å². The topological polar surface area (TPSA) is 72.8 Å². The molecule has 0 aromatic heterocycles. The normalized spacial score (nSPS) is 21.9. The van der Waals surface area contributed by atoms with Crippen LogP contribution in [-0.4, -0.2) is 29.7 Å². The van der Waals surface area contributed by atoms with E-state index in [1.807, 2.05) is 0 Å². The molecular weight excluding hydrogens is 375 g/mol. The smallest absolute Gasteiger partial charge is 0.328 e. The lowest BCUT2D eigenvalue weighted by molar-refractivity contribution is -0.146. The fourth-order valence-electron chi connectivity index (χ4n) is 3.66. The molecule has 0 aliphatic carbocycles. The van der Waals surface area contributed by atoms with Gasteiger partial charge in [0.25, 0.3) is 0 Å². The summed E-state index contributed by atoms with van der Waals surface area (Å²) in [6.45, 7) is 2.36. The van der Waals surface area contributed by atoms with Crippen molar-refractivity contribution in [1.29, 1.82) is 0 Å². The highest BCUT2D eigenvalue weighted by Gasteiger charge is 2.33. The number of hydrogen-bond acceptors (Lipinski definition) is 4. The predicted octanol–water partition coefficient (Wildman–Crippen LogP) is 6.77. The van der Waals surface area contributed by atoms with Gasteiger partial charge in [-0.05, 0) is 12.8 Å². The maximum Gasteiger partial charge on any atom is 0.328 e. The maximum atomic E-state index is 11.7. The van der Waals surface area contributed by atoms with Gasteiger partial charge in [-0.25, -0.2) is 0 Å². The van der Waals surface area contributed by atoms with Crippen LogP contribution < -0.4 is 0 Å². The van der Waals surface area contributed by atoms with Crippen molar-refractivity contribution >= 4 is 13.6 Å². The first-order valence-electron chi connectivity index (χ1n) is 11.7. The monoisotopic (exact) mass is 418 g/mol. The van der Waals surface area contributed by atoms with Crippen molar-refractivity contribution in [3.63, 3.8) is 0 Å². The van der Waals surface area contributed by atoms with Crippen LogP contribution in [0.15, 0.2) is 0 Å². The van der Waals surface area contributed by atoms with Gasteiger partial charge in [-0.2, -0.15) is 0 Å². The maximum absolute atomic E-state index is 11.7. The molecule has 1 rings (SSSR count). The van der Waals surface area contributed by atoms with Crippen molar-refractivity contribution in [2.45, 2.75) is 122 Å². The lowest BCUT2D eigenvalue weighted by Crippen LogP contribution is -2.17. The van der Waals surface area contributed by atoms with Gasteiger partial charge in [0.05, 0.1) is 6.16 Å². The predicted molar refractivity (Wildman–Crippen MR) is 115 cm³/mol. The van der Waals surface area contributed by atoms with Crippen molar-refractivity contribution in [2.75, 3.05) is 12.8 Å².